The van der Waals surface area contributed by atoms with Crippen LogP contribution in [0.15, 0.2) is 42.6 Å². The molecule has 2 saturated heterocycles. The Morgan fingerprint density at radius 1 is 1.09 bits per heavy atom. The van der Waals surface area contributed by atoms with Crippen molar-refractivity contribution < 1.29 is 23.7 Å². The lowest BCUT2D eigenvalue weighted by atomic mass is 9.87. The predicted molar refractivity (Wildman–Crippen MR) is 134 cm³/mol. The van der Waals surface area contributed by atoms with Crippen LogP contribution in [0, 0.1) is 0 Å². The van der Waals surface area contributed by atoms with E-state index in [1.165, 1.54) is 5.56 Å². The number of carbonyl (C=O) groups is 1. The van der Waals surface area contributed by atoms with Crippen LogP contribution in [0.1, 0.15) is 48.8 Å². The number of rotatable bonds is 7. The third kappa shape index (κ3) is 4.50. The summed E-state index contributed by atoms with van der Waals surface area (Å²) < 4.78 is 22.7. The standard InChI is InChI=1S/C28H34N2O5/c1-4-19-6-5-7-21-23(18-29-27(19)21)22(20-8-9-24(32-2)25(16-20)33-3)17-26(31)30-12-10-28(11-13-30)34-14-15-35-28/h5-9,16,18,22,29H,4,10-15,17H2,1-3H3. The van der Waals surface area contributed by atoms with Crippen molar-refractivity contribution in [2.45, 2.75) is 44.3 Å². The number of hydrogen-bond donors (Lipinski definition) is 1. The number of nitrogens with zero attached hydrogens (tertiary/aromatic N) is 1. The smallest absolute Gasteiger partial charge is 0.223 e. The number of H-pyrrole nitrogens is 1. The maximum atomic E-state index is 13.6. The zero-order chi connectivity index (χ0) is 24.4. The van der Waals surface area contributed by atoms with E-state index >= 15 is 0 Å². The van der Waals surface area contributed by atoms with Gasteiger partial charge in [0, 0.05) is 55.4 Å². The lowest BCUT2D eigenvalue weighted by molar-refractivity contribution is -0.187. The molecule has 0 radical (unpaired) electrons. The van der Waals surface area contributed by atoms with Crippen LogP contribution in [0.3, 0.4) is 0 Å². The molecule has 0 aliphatic carbocycles. The number of ether oxygens (including phenoxy) is 4. The Morgan fingerprint density at radius 3 is 2.51 bits per heavy atom. The molecule has 1 spiro atoms. The van der Waals surface area contributed by atoms with Gasteiger partial charge < -0.3 is 28.8 Å². The number of carbonyl (C=O) groups excluding carboxylic acids is 1. The Labute approximate surface area is 206 Å². The Kier molecular flexibility index (Phi) is 6.71. The summed E-state index contributed by atoms with van der Waals surface area (Å²) in [6.07, 6.45) is 4.80. The van der Waals surface area contributed by atoms with Crippen molar-refractivity contribution in [1.29, 1.82) is 0 Å². The van der Waals surface area contributed by atoms with Gasteiger partial charge in [-0.3, -0.25) is 4.79 Å². The maximum absolute atomic E-state index is 13.6. The van der Waals surface area contributed by atoms with Crippen molar-refractivity contribution in [3.63, 3.8) is 0 Å². The van der Waals surface area contributed by atoms with Gasteiger partial charge in [0.15, 0.2) is 17.3 Å². The van der Waals surface area contributed by atoms with E-state index in [-0.39, 0.29) is 11.8 Å². The van der Waals surface area contributed by atoms with E-state index in [1.54, 1.807) is 14.2 Å². The van der Waals surface area contributed by atoms with E-state index in [0.717, 1.165) is 28.5 Å². The number of piperidine rings is 1. The summed E-state index contributed by atoms with van der Waals surface area (Å²) in [6, 6.07) is 12.3. The van der Waals surface area contributed by atoms with Crippen LogP contribution in [0.2, 0.25) is 0 Å². The summed E-state index contributed by atoms with van der Waals surface area (Å²) >= 11 is 0. The van der Waals surface area contributed by atoms with Gasteiger partial charge in [-0.05, 0) is 35.2 Å². The van der Waals surface area contributed by atoms with Crippen molar-refractivity contribution in [1.82, 2.24) is 9.88 Å². The molecule has 0 bridgehead atoms. The number of amides is 1. The first-order chi connectivity index (χ1) is 17.1. The molecular formula is C28H34N2O5. The number of hydrogen-bond acceptors (Lipinski definition) is 5. The van der Waals surface area contributed by atoms with Crippen LogP contribution in [-0.2, 0) is 20.7 Å². The van der Waals surface area contributed by atoms with E-state index < -0.39 is 5.79 Å². The molecule has 1 atom stereocenters. The maximum Gasteiger partial charge on any atom is 0.223 e. The Bertz CT molecular complexity index is 1190. The molecule has 35 heavy (non-hydrogen) atoms. The van der Waals surface area contributed by atoms with Crippen molar-refractivity contribution in [3.05, 3.63) is 59.3 Å². The highest BCUT2D eigenvalue weighted by atomic mass is 16.7. The van der Waals surface area contributed by atoms with E-state index in [2.05, 4.69) is 36.3 Å². The second-order valence-corrected chi connectivity index (χ2v) is 9.30. The second kappa shape index (κ2) is 9.91. The minimum Gasteiger partial charge on any atom is -0.493 e. The number of benzene rings is 2. The van der Waals surface area contributed by atoms with Crippen LogP contribution < -0.4 is 9.47 Å². The van der Waals surface area contributed by atoms with Crippen molar-refractivity contribution in [3.8, 4) is 11.5 Å². The summed E-state index contributed by atoms with van der Waals surface area (Å²) in [4.78, 5) is 19.0. The summed E-state index contributed by atoms with van der Waals surface area (Å²) in [5.41, 5.74) is 4.55. The van der Waals surface area contributed by atoms with Crippen LogP contribution in [0.5, 0.6) is 11.5 Å². The summed E-state index contributed by atoms with van der Waals surface area (Å²) in [7, 11) is 3.27. The van der Waals surface area contributed by atoms with Crippen LogP contribution in [0.25, 0.3) is 10.9 Å². The molecule has 3 heterocycles. The fourth-order valence-corrected chi connectivity index (χ4v) is 5.48. The molecule has 2 aliphatic rings. The second-order valence-electron chi connectivity index (χ2n) is 9.30. The lowest BCUT2D eigenvalue weighted by Gasteiger charge is -2.38. The number of para-hydroxylation sites is 1. The molecule has 5 rings (SSSR count). The van der Waals surface area contributed by atoms with Crippen molar-refractivity contribution >= 4 is 16.8 Å². The third-order valence-electron chi connectivity index (χ3n) is 7.47. The minimum absolute atomic E-state index is 0.127. The number of nitrogens with one attached hydrogen (secondary N) is 1. The topological polar surface area (TPSA) is 73.0 Å². The fourth-order valence-electron chi connectivity index (χ4n) is 5.48. The van der Waals surface area contributed by atoms with Crippen LogP contribution >= 0.6 is 0 Å². The molecule has 0 saturated carbocycles. The Hall–Kier alpha value is -3.03. The zero-order valence-electron chi connectivity index (χ0n) is 20.8. The Morgan fingerprint density at radius 2 is 1.83 bits per heavy atom. The number of aryl methyl sites for hydroxylation is 1. The van der Waals surface area contributed by atoms with Gasteiger partial charge in [0.1, 0.15) is 0 Å². The van der Waals surface area contributed by atoms with Gasteiger partial charge in [-0.2, -0.15) is 0 Å². The highest BCUT2D eigenvalue weighted by Gasteiger charge is 2.41. The van der Waals surface area contributed by atoms with Gasteiger partial charge >= 0.3 is 0 Å². The fraction of sp³-hybridized carbons (Fsp3) is 0.464. The summed E-state index contributed by atoms with van der Waals surface area (Å²) in [5.74, 6) is 0.850. The van der Waals surface area contributed by atoms with Gasteiger partial charge in [0.05, 0.1) is 27.4 Å². The molecule has 2 fully saturated rings. The van der Waals surface area contributed by atoms with Crippen LogP contribution in [0.4, 0.5) is 0 Å². The first kappa shape index (κ1) is 23.7. The lowest BCUT2D eigenvalue weighted by Crippen LogP contribution is -2.47. The number of aromatic amines is 1. The molecule has 186 valence electrons. The number of likely N-dealkylation sites (tertiary alicyclic amines) is 1. The summed E-state index contributed by atoms with van der Waals surface area (Å²) in [6.45, 7) is 4.72. The molecule has 1 aromatic heterocycles. The van der Waals surface area contributed by atoms with Gasteiger partial charge in [-0.15, -0.1) is 0 Å². The quantitative estimate of drug-likeness (QED) is 0.536. The highest BCUT2D eigenvalue weighted by molar-refractivity contribution is 5.88. The number of aromatic nitrogens is 1. The third-order valence-corrected chi connectivity index (χ3v) is 7.47. The van der Waals surface area contributed by atoms with E-state index in [9.17, 15) is 4.79 Å². The van der Waals surface area contributed by atoms with Gasteiger partial charge in [0.25, 0.3) is 0 Å². The number of fused-ring (bicyclic) bond motifs is 1. The van der Waals surface area contributed by atoms with Gasteiger partial charge in [-0.1, -0.05) is 31.2 Å². The largest absolute Gasteiger partial charge is 0.493 e. The molecule has 2 aromatic carbocycles. The average molecular weight is 479 g/mol. The normalized spacial score (nSPS) is 18.2. The summed E-state index contributed by atoms with van der Waals surface area (Å²) in [5, 5.41) is 1.15. The SMILES string of the molecule is CCc1cccc2c(C(CC(=O)N3CCC4(CC3)OCCO4)c3ccc(OC)c(OC)c3)c[nH]c12. The molecule has 3 aromatic rings. The number of methoxy groups -OCH3 is 2. The van der Waals surface area contributed by atoms with E-state index in [4.69, 9.17) is 18.9 Å². The molecule has 1 N–H and O–H groups in total. The van der Waals surface area contributed by atoms with Crippen LogP contribution in [-0.4, -0.2) is 62.1 Å². The molecule has 1 amide bonds. The van der Waals surface area contributed by atoms with E-state index in [0.29, 0.717) is 57.1 Å². The van der Waals surface area contributed by atoms with E-state index in [1.807, 2.05) is 23.1 Å². The monoisotopic (exact) mass is 478 g/mol. The van der Waals surface area contributed by atoms with Crippen molar-refractivity contribution in [2.75, 3.05) is 40.5 Å². The zero-order valence-corrected chi connectivity index (χ0v) is 20.8. The molecule has 7 heteroatoms. The first-order valence-corrected chi connectivity index (χ1v) is 12.4. The highest BCUT2D eigenvalue weighted by Crippen LogP contribution is 2.39. The molecule has 7 nitrogen and oxygen atoms in total. The van der Waals surface area contributed by atoms with Gasteiger partial charge in [-0.25, -0.2) is 0 Å². The Balaban J connectivity index is 1.47. The molecule has 2 aliphatic heterocycles. The average Bonchev–Trinajstić information content (AvgIpc) is 3.54. The molecular weight excluding hydrogens is 444 g/mol. The minimum atomic E-state index is -0.493. The molecule has 1 unspecified atom stereocenters. The van der Waals surface area contributed by atoms with Gasteiger partial charge in [0.2, 0.25) is 5.91 Å². The predicted octanol–water partition coefficient (Wildman–Crippen LogP) is 4.64. The van der Waals surface area contributed by atoms with Crippen molar-refractivity contribution in [2.24, 2.45) is 0 Å². The first-order valence-electron chi connectivity index (χ1n) is 12.4.